The maximum atomic E-state index is 5.50. The Labute approximate surface area is 111 Å². The van der Waals surface area contributed by atoms with Gasteiger partial charge < -0.3 is 10.1 Å². The van der Waals surface area contributed by atoms with Gasteiger partial charge in [0.2, 0.25) is 5.88 Å². The third kappa shape index (κ3) is 3.54. The largest absolute Gasteiger partial charge is 0.475 e. The minimum atomic E-state index is 0.531. The molecule has 0 amide bonds. The lowest BCUT2D eigenvalue weighted by Gasteiger charge is -2.01. The van der Waals surface area contributed by atoms with E-state index in [1.165, 1.54) is 12.8 Å². The number of hydrogen-bond acceptors (Lipinski definition) is 5. The second kappa shape index (κ2) is 5.40. The van der Waals surface area contributed by atoms with Crippen molar-refractivity contribution in [2.24, 2.45) is 0 Å². The van der Waals surface area contributed by atoms with Crippen molar-refractivity contribution in [1.82, 2.24) is 30.5 Å². The molecular weight excluding hydrogens is 244 g/mol. The summed E-state index contributed by atoms with van der Waals surface area (Å²) in [7, 11) is 0. The van der Waals surface area contributed by atoms with Crippen molar-refractivity contribution in [3.05, 3.63) is 23.7 Å². The van der Waals surface area contributed by atoms with E-state index in [0.717, 1.165) is 17.9 Å². The third-order valence-corrected chi connectivity index (χ3v) is 2.99. The molecule has 0 spiro atoms. The molecule has 0 aliphatic heterocycles. The number of nitrogens with one attached hydrogen (secondary N) is 2. The van der Waals surface area contributed by atoms with Crippen LogP contribution in [0.3, 0.4) is 0 Å². The highest BCUT2D eigenvalue weighted by molar-refractivity contribution is 5.12. The van der Waals surface area contributed by atoms with Gasteiger partial charge in [-0.15, -0.1) is 10.2 Å². The lowest BCUT2D eigenvalue weighted by Crippen LogP contribution is -2.15. The van der Waals surface area contributed by atoms with Gasteiger partial charge in [-0.2, -0.15) is 0 Å². The second-order valence-electron chi connectivity index (χ2n) is 4.87. The number of aryl methyl sites for hydroxylation is 1. The number of nitrogens with zero attached hydrogens (tertiary/aromatic N) is 4. The Morgan fingerprint density at radius 1 is 1.53 bits per heavy atom. The first-order valence-electron chi connectivity index (χ1n) is 6.57. The fraction of sp³-hybridized carbons (Fsp3) is 0.583. The molecule has 0 aromatic carbocycles. The summed E-state index contributed by atoms with van der Waals surface area (Å²) in [6, 6.07) is 2.56. The molecule has 7 nitrogen and oxygen atoms in total. The minimum absolute atomic E-state index is 0.531. The number of ether oxygens (including phenoxy) is 1. The fourth-order valence-corrected chi connectivity index (χ4v) is 1.78. The molecule has 0 unspecified atom stereocenters. The quantitative estimate of drug-likeness (QED) is 0.765. The van der Waals surface area contributed by atoms with Crippen molar-refractivity contribution >= 4 is 0 Å². The van der Waals surface area contributed by atoms with Crippen LogP contribution in [-0.4, -0.2) is 37.8 Å². The Hall–Kier alpha value is -1.89. The van der Waals surface area contributed by atoms with E-state index in [9.17, 15) is 0 Å². The van der Waals surface area contributed by atoms with Gasteiger partial charge in [-0.3, -0.25) is 5.10 Å². The number of H-pyrrole nitrogens is 1. The van der Waals surface area contributed by atoms with Gasteiger partial charge in [0, 0.05) is 30.5 Å². The third-order valence-electron chi connectivity index (χ3n) is 2.99. The zero-order valence-electron chi connectivity index (χ0n) is 11.0. The molecule has 19 heavy (non-hydrogen) atoms. The topological polar surface area (TPSA) is 80.7 Å². The molecule has 3 rings (SSSR count). The number of aromatic nitrogens is 5. The minimum Gasteiger partial charge on any atom is -0.475 e. The van der Waals surface area contributed by atoms with E-state index in [1.54, 1.807) is 4.68 Å². The van der Waals surface area contributed by atoms with Crippen LogP contribution in [0.25, 0.3) is 0 Å². The molecule has 0 radical (unpaired) electrons. The van der Waals surface area contributed by atoms with Crippen LogP contribution in [0, 0.1) is 6.92 Å². The normalized spacial score (nSPS) is 14.8. The van der Waals surface area contributed by atoms with Crippen molar-refractivity contribution in [1.29, 1.82) is 0 Å². The zero-order chi connectivity index (χ0) is 13.1. The van der Waals surface area contributed by atoms with Gasteiger partial charge in [0.1, 0.15) is 6.61 Å². The lowest BCUT2D eigenvalue weighted by molar-refractivity contribution is 0.279. The van der Waals surface area contributed by atoms with Crippen molar-refractivity contribution in [2.45, 2.75) is 38.9 Å². The maximum absolute atomic E-state index is 5.50. The summed E-state index contributed by atoms with van der Waals surface area (Å²) in [5.74, 6) is 0.619. The fourth-order valence-electron chi connectivity index (χ4n) is 1.78. The predicted molar refractivity (Wildman–Crippen MR) is 68.7 cm³/mol. The van der Waals surface area contributed by atoms with Gasteiger partial charge in [0.05, 0.1) is 12.2 Å². The van der Waals surface area contributed by atoms with E-state index in [4.69, 9.17) is 4.74 Å². The molecule has 1 aliphatic rings. The van der Waals surface area contributed by atoms with Crippen LogP contribution in [0.15, 0.2) is 12.3 Å². The van der Waals surface area contributed by atoms with Gasteiger partial charge in [-0.1, -0.05) is 5.21 Å². The van der Waals surface area contributed by atoms with Gasteiger partial charge in [-0.25, -0.2) is 4.68 Å². The molecule has 0 bridgehead atoms. The van der Waals surface area contributed by atoms with Crippen LogP contribution in [0.4, 0.5) is 0 Å². The summed E-state index contributed by atoms with van der Waals surface area (Å²) >= 11 is 0. The standard InChI is InChI=1S/C12H18N6O/c1-9-6-12(16-14-9)19-5-4-18-8-11(15-17-18)7-13-10-2-3-10/h6,8,10,13H,2-5,7H2,1H3,(H,14,16). The molecular formula is C12H18N6O. The molecule has 2 N–H and O–H groups in total. The first kappa shape index (κ1) is 12.2. The predicted octanol–water partition coefficient (Wildman–Crippen LogP) is 0.641. The molecule has 2 aromatic heterocycles. The van der Waals surface area contributed by atoms with E-state index in [2.05, 4.69) is 25.8 Å². The molecule has 0 saturated heterocycles. The maximum Gasteiger partial charge on any atom is 0.232 e. The molecule has 2 aromatic rings. The second-order valence-corrected chi connectivity index (χ2v) is 4.87. The summed E-state index contributed by atoms with van der Waals surface area (Å²) in [5, 5.41) is 18.4. The monoisotopic (exact) mass is 262 g/mol. The average molecular weight is 262 g/mol. The van der Waals surface area contributed by atoms with Crippen LogP contribution in [0.5, 0.6) is 5.88 Å². The van der Waals surface area contributed by atoms with Crippen LogP contribution in [0.1, 0.15) is 24.2 Å². The molecule has 2 heterocycles. The number of hydrogen-bond donors (Lipinski definition) is 2. The van der Waals surface area contributed by atoms with Gasteiger partial charge >= 0.3 is 0 Å². The van der Waals surface area contributed by atoms with E-state index < -0.39 is 0 Å². The van der Waals surface area contributed by atoms with Crippen molar-refractivity contribution in [3.8, 4) is 5.88 Å². The van der Waals surface area contributed by atoms with Gasteiger partial charge in [-0.05, 0) is 19.8 Å². The molecule has 0 atom stereocenters. The first-order valence-corrected chi connectivity index (χ1v) is 6.57. The van der Waals surface area contributed by atoms with E-state index in [-0.39, 0.29) is 0 Å². The lowest BCUT2D eigenvalue weighted by atomic mass is 10.4. The van der Waals surface area contributed by atoms with E-state index in [0.29, 0.717) is 25.1 Å². The van der Waals surface area contributed by atoms with Gasteiger partial charge in [0.25, 0.3) is 0 Å². The zero-order valence-corrected chi connectivity index (χ0v) is 11.0. The first-order chi connectivity index (χ1) is 9.29. The highest BCUT2D eigenvalue weighted by atomic mass is 16.5. The summed E-state index contributed by atoms with van der Waals surface area (Å²) in [4.78, 5) is 0. The average Bonchev–Trinajstić information content (AvgIpc) is 2.97. The van der Waals surface area contributed by atoms with E-state index >= 15 is 0 Å². The van der Waals surface area contributed by atoms with Crippen LogP contribution in [0.2, 0.25) is 0 Å². The molecule has 102 valence electrons. The molecule has 1 saturated carbocycles. The van der Waals surface area contributed by atoms with Gasteiger partial charge in [0.15, 0.2) is 0 Å². The summed E-state index contributed by atoms with van der Waals surface area (Å²) in [6.07, 6.45) is 4.52. The summed E-state index contributed by atoms with van der Waals surface area (Å²) in [5.41, 5.74) is 1.96. The Balaban J connectivity index is 1.41. The molecule has 1 aliphatic carbocycles. The Morgan fingerprint density at radius 2 is 2.42 bits per heavy atom. The number of aromatic amines is 1. The summed E-state index contributed by atoms with van der Waals surface area (Å²) in [6.45, 7) is 3.94. The van der Waals surface area contributed by atoms with Crippen LogP contribution < -0.4 is 10.1 Å². The van der Waals surface area contributed by atoms with Crippen molar-refractivity contribution < 1.29 is 4.74 Å². The summed E-state index contributed by atoms with van der Waals surface area (Å²) < 4.78 is 7.30. The Kier molecular flexibility index (Phi) is 3.45. The number of rotatable bonds is 7. The Bertz CT molecular complexity index is 530. The SMILES string of the molecule is Cc1cc(OCCn2cc(CNC3CC3)nn2)n[nH]1. The highest BCUT2D eigenvalue weighted by Gasteiger charge is 2.20. The van der Waals surface area contributed by atoms with Crippen molar-refractivity contribution in [3.63, 3.8) is 0 Å². The van der Waals surface area contributed by atoms with E-state index in [1.807, 2.05) is 19.2 Å². The van der Waals surface area contributed by atoms with Crippen LogP contribution in [-0.2, 0) is 13.1 Å². The molecule has 7 heteroatoms. The molecule has 1 fully saturated rings. The van der Waals surface area contributed by atoms with Crippen molar-refractivity contribution in [2.75, 3.05) is 6.61 Å². The van der Waals surface area contributed by atoms with Crippen LogP contribution >= 0.6 is 0 Å². The Morgan fingerprint density at radius 3 is 3.16 bits per heavy atom. The smallest absolute Gasteiger partial charge is 0.232 e. The highest BCUT2D eigenvalue weighted by Crippen LogP contribution is 2.18.